The quantitative estimate of drug-likeness (QED) is 0.482. The topological polar surface area (TPSA) is 70.1 Å². The summed E-state index contributed by atoms with van der Waals surface area (Å²) in [6.07, 6.45) is 6.00. The minimum absolute atomic E-state index is 0.915. The lowest BCUT2D eigenvalue weighted by Gasteiger charge is -1.98. The van der Waals surface area contributed by atoms with Crippen molar-refractivity contribution in [2.24, 2.45) is 0 Å². The van der Waals surface area contributed by atoms with Gasteiger partial charge in [0.2, 0.25) is 0 Å². The fourth-order valence-corrected chi connectivity index (χ4v) is 1.51. The summed E-state index contributed by atoms with van der Waals surface area (Å²) in [6.45, 7) is 4.65. The normalized spacial score (nSPS) is 9.05. The minimum atomic E-state index is -1.75. The smallest absolute Gasteiger partial charge is 0.173 e. The van der Waals surface area contributed by atoms with E-state index in [2.05, 4.69) is 47.8 Å². The molecule has 1 aromatic heterocycles. The summed E-state index contributed by atoms with van der Waals surface area (Å²) in [5.74, 6) is 0. The molecule has 1 aromatic carbocycles. The Balaban J connectivity index is 0.000000399. The summed E-state index contributed by atoms with van der Waals surface area (Å²) in [4.78, 5) is 8.25. The van der Waals surface area contributed by atoms with Crippen LogP contribution >= 0.6 is 0 Å². The van der Waals surface area contributed by atoms with Crippen LogP contribution in [0, 0.1) is 15.3 Å². The van der Waals surface area contributed by atoms with Crippen LogP contribution in [0.3, 0.4) is 0 Å². The first-order valence-corrected chi connectivity index (χ1v) is 5.59. The number of hydrogen-bond acceptors (Lipinski definition) is 3. The van der Waals surface area contributed by atoms with Gasteiger partial charge in [0.25, 0.3) is 0 Å². The molecule has 0 fully saturated rings. The van der Waals surface area contributed by atoms with Crippen LogP contribution < -0.4 is 4.57 Å². The van der Waals surface area contributed by atoms with E-state index in [-0.39, 0.29) is 0 Å². The Morgan fingerprint density at radius 3 is 2.11 bits per heavy atom. The molecule has 5 nitrogen and oxygen atoms in total. The van der Waals surface area contributed by atoms with E-state index in [9.17, 15) is 0 Å². The van der Waals surface area contributed by atoms with Crippen molar-refractivity contribution >= 4 is 6.08 Å². The van der Waals surface area contributed by atoms with Crippen LogP contribution in [0.4, 0.5) is 0 Å². The summed E-state index contributed by atoms with van der Waals surface area (Å²) in [6, 6.07) is 14.6. The first kappa shape index (κ1) is 14.4. The number of benzene rings is 1. The molecule has 0 aliphatic carbocycles. The second-order valence-corrected chi connectivity index (χ2v) is 3.72. The first-order chi connectivity index (χ1) is 9.11. The van der Waals surface area contributed by atoms with Gasteiger partial charge in [-0.05, 0) is 5.56 Å². The van der Waals surface area contributed by atoms with Gasteiger partial charge >= 0.3 is 0 Å². The molecule has 1 heterocycles. The Morgan fingerprint density at radius 2 is 1.63 bits per heavy atom. The van der Waals surface area contributed by atoms with Gasteiger partial charge in [-0.1, -0.05) is 43.0 Å². The lowest BCUT2D eigenvalue weighted by atomic mass is 10.1. The van der Waals surface area contributed by atoms with Gasteiger partial charge in [-0.15, -0.1) is 0 Å². The lowest BCUT2D eigenvalue weighted by Crippen LogP contribution is -2.32. The maximum absolute atomic E-state index is 8.25. The summed E-state index contributed by atoms with van der Waals surface area (Å²) >= 11 is 0. The molecule has 0 N–H and O–H groups in total. The third-order valence-corrected chi connectivity index (χ3v) is 2.36. The SMILES string of the molecule is C=Cc1ccc(C[n+]2ccccc2)cc1.O=[N+]([O-])[O-]. The van der Waals surface area contributed by atoms with Crippen molar-refractivity contribution in [2.45, 2.75) is 6.54 Å². The Hall–Kier alpha value is -2.69. The summed E-state index contributed by atoms with van der Waals surface area (Å²) in [5, 5.41) is 14.8. The van der Waals surface area contributed by atoms with E-state index < -0.39 is 5.09 Å². The van der Waals surface area contributed by atoms with Crippen molar-refractivity contribution < 1.29 is 9.65 Å². The van der Waals surface area contributed by atoms with E-state index >= 15 is 0 Å². The van der Waals surface area contributed by atoms with E-state index in [1.54, 1.807) is 0 Å². The molecule has 0 atom stereocenters. The highest BCUT2D eigenvalue weighted by atomic mass is 16.9. The largest absolute Gasteiger partial charge is 0.356 e. The summed E-state index contributed by atoms with van der Waals surface area (Å²) < 4.78 is 2.16. The number of aromatic nitrogens is 1. The second-order valence-electron chi connectivity index (χ2n) is 3.72. The predicted octanol–water partition coefficient (Wildman–Crippen LogP) is 2.43. The van der Waals surface area contributed by atoms with Gasteiger partial charge < -0.3 is 15.3 Å². The summed E-state index contributed by atoms with van der Waals surface area (Å²) in [7, 11) is 0. The first-order valence-electron chi connectivity index (χ1n) is 5.59. The number of pyridine rings is 1. The van der Waals surface area contributed by atoms with E-state index in [0.29, 0.717) is 0 Å². The van der Waals surface area contributed by atoms with E-state index in [0.717, 1.165) is 12.1 Å². The van der Waals surface area contributed by atoms with Crippen LogP contribution in [0.2, 0.25) is 0 Å². The van der Waals surface area contributed by atoms with Crippen molar-refractivity contribution in [2.75, 3.05) is 0 Å². The van der Waals surface area contributed by atoms with Gasteiger partial charge in [0.1, 0.15) is 0 Å². The molecule has 19 heavy (non-hydrogen) atoms. The molecule has 0 bridgehead atoms. The highest BCUT2D eigenvalue weighted by Gasteiger charge is 1.99. The van der Waals surface area contributed by atoms with Crippen molar-refractivity contribution in [3.05, 3.63) is 87.9 Å². The molecule has 98 valence electrons. The zero-order valence-electron chi connectivity index (χ0n) is 10.3. The molecule has 0 saturated heterocycles. The highest BCUT2D eigenvalue weighted by molar-refractivity contribution is 5.47. The van der Waals surface area contributed by atoms with Gasteiger partial charge in [0.15, 0.2) is 18.9 Å². The van der Waals surface area contributed by atoms with E-state index in [1.165, 1.54) is 5.56 Å². The summed E-state index contributed by atoms with van der Waals surface area (Å²) in [5.41, 5.74) is 2.47. The molecular formula is C14H14N2O3. The maximum atomic E-state index is 8.25. The fourth-order valence-electron chi connectivity index (χ4n) is 1.51. The Morgan fingerprint density at radius 1 is 1.11 bits per heavy atom. The van der Waals surface area contributed by atoms with Crippen LogP contribution in [0.5, 0.6) is 0 Å². The second kappa shape index (κ2) is 7.60. The van der Waals surface area contributed by atoms with Crippen molar-refractivity contribution in [3.8, 4) is 0 Å². The van der Waals surface area contributed by atoms with Gasteiger partial charge in [-0.3, -0.25) is 0 Å². The molecule has 0 spiro atoms. The molecular weight excluding hydrogens is 244 g/mol. The average molecular weight is 258 g/mol. The molecule has 0 aliphatic heterocycles. The van der Waals surface area contributed by atoms with Crippen LogP contribution in [-0.2, 0) is 6.54 Å². The standard InChI is InChI=1S/C14H14N.NO3/c1-2-13-6-8-14(9-7-13)12-15-10-4-3-5-11-15;2-1(3)4/h2-11H,1,12H2;/q+1;-1. The monoisotopic (exact) mass is 258 g/mol. The third kappa shape index (κ3) is 5.97. The van der Waals surface area contributed by atoms with Crippen molar-refractivity contribution in [1.29, 1.82) is 0 Å². The van der Waals surface area contributed by atoms with Crippen LogP contribution in [0.25, 0.3) is 6.08 Å². The van der Waals surface area contributed by atoms with Crippen molar-refractivity contribution in [1.82, 2.24) is 0 Å². The van der Waals surface area contributed by atoms with Crippen LogP contribution in [0.15, 0.2) is 61.4 Å². The van der Waals surface area contributed by atoms with Crippen molar-refractivity contribution in [3.63, 3.8) is 0 Å². The van der Waals surface area contributed by atoms with E-state index in [4.69, 9.17) is 15.3 Å². The Bertz CT molecular complexity index is 520. The van der Waals surface area contributed by atoms with Gasteiger partial charge in [-0.2, -0.15) is 0 Å². The number of nitrogens with zero attached hydrogens (tertiary/aromatic N) is 2. The molecule has 0 aliphatic rings. The zero-order valence-corrected chi connectivity index (χ0v) is 10.3. The molecule has 0 amide bonds. The number of hydrogen-bond donors (Lipinski definition) is 0. The van der Waals surface area contributed by atoms with Gasteiger partial charge in [-0.25, -0.2) is 4.57 Å². The average Bonchev–Trinajstić information content (AvgIpc) is 2.40. The Labute approximate surface area is 111 Å². The fraction of sp³-hybridized carbons (Fsp3) is 0.0714. The molecule has 2 aromatic rings. The molecule has 0 radical (unpaired) electrons. The number of rotatable bonds is 3. The van der Waals surface area contributed by atoms with Gasteiger partial charge in [0.05, 0.1) is 5.09 Å². The molecule has 0 unspecified atom stereocenters. The lowest BCUT2D eigenvalue weighted by molar-refractivity contribution is -0.688. The predicted molar refractivity (Wildman–Crippen MR) is 72.6 cm³/mol. The van der Waals surface area contributed by atoms with Crippen LogP contribution in [0.1, 0.15) is 11.1 Å². The highest BCUT2D eigenvalue weighted by Crippen LogP contribution is 2.04. The van der Waals surface area contributed by atoms with Gasteiger partial charge in [0, 0.05) is 17.7 Å². The molecule has 0 saturated carbocycles. The van der Waals surface area contributed by atoms with Crippen LogP contribution in [-0.4, -0.2) is 5.09 Å². The zero-order chi connectivity index (χ0) is 14.1. The molecule has 2 rings (SSSR count). The third-order valence-electron chi connectivity index (χ3n) is 2.36. The maximum Gasteiger partial charge on any atom is 0.173 e. The Kier molecular flexibility index (Phi) is 5.75. The van der Waals surface area contributed by atoms with E-state index in [1.807, 2.05) is 24.3 Å². The molecule has 5 heteroatoms. The minimum Gasteiger partial charge on any atom is -0.356 e.